The fourth-order valence-corrected chi connectivity index (χ4v) is 1.85. The smallest absolute Gasteiger partial charge is 0.0621 e. The van der Waals surface area contributed by atoms with E-state index in [-0.39, 0.29) is 0 Å². The predicted molar refractivity (Wildman–Crippen MR) is 73.2 cm³/mol. The SMILES string of the molecule is CN(C)c1ccc(CCCCCCC#N)cc1. The summed E-state index contributed by atoms with van der Waals surface area (Å²) in [5, 5.41) is 8.42. The molecule has 1 rings (SSSR count). The number of anilines is 1. The van der Waals surface area contributed by atoms with Gasteiger partial charge in [-0.05, 0) is 37.0 Å². The molecule has 0 saturated carbocycles. The zero-order valence-electron chi connectivity index (χ0n) is 10.9. The third-order valence-electron chi connectivity index (χ3n) is 2.96. The number of rotatable bonds is 7. The molecule has 0 spiro atoms. The van der Waals surface area contributed by atoms with Crippen molar-refractivity contribution in [3.05, 3.63) is 29.8 Å². The molecule has 92 valence electrons. The highest BCUT2D eigenvalue weighted by molar-refractivity contribution is 5.45. The molecule has 0 unspecified atom stereocenters. The first-order valence-electron chi connectivity index (χ1n) is 6.37. The lowest BCUT2D eigenvalue weighted by Gasteiger charge is -2.12. The van der Waals surface area contributed by atoms with Crippen LogP contribution in [0.4, 0.5) is 5.69 Å². The van der Waals surface area contributed by atoms with Crippen LogP contribution < -0.4 is 4.90 Å². The van der Waals surface area contributed by atoms with E-state index in [9.17, 15) is 0 Å². The van der Waals surface area contributed by atoms with Gasteiger partial charge in [0, 0.05) is 26.2 Å². The molecule has 0 radical (unpaired) electrons. The number of benzene rings is 1. The van der Waals surface area contributed by atoms with Crippen LogP contribution >= 0.6 is 0 Å². The summed E-state index contributed by atoms with van der Waals surface area (Å²) in [7, 11) is 4.12. The van der Waals surface area contributed by atoms with Crippen LogP contribution in [0.25, 0.3) is 0 Å². The van der Waals surface area contributed by atoms with Gasteiger partial charge in [0.1, 0.15) is 0 Å². The molecule has 0 bridgehead atoms. The molecule has 0 saturated heterocycles. The van der Waals surface area contributed by atoms with Gasteiger partial charge in [-0.3, -0.25) is 0 Å². The van der Waals surface area contributed by atoms with Gasteiger partial charge in [-0.25, -0.2) is 0 Å². The van der Waals surface area contributed by atoms with Crippen LogP contribution in [0.15, 0.2) is 24.3 Å². The molecule has 0 aliphatic rings. The topological polar surface area (TPSA) is 27.0 Å². The molecule has 17 heavy (non-hydrogen) atoms. The quantitative estimate of drug-likeness (QED) is 0.667. The van der Waals surface area contributed by atoms with Crippen LogP contribution in [0.1, 0.15) is 37.7 Å². The molecule has 0 aromatic heterocycles. The minimum atomic E-state index is 0.706. The lowest BCUT2D eigenvalue weighted by atomic mass is 10.1. The molecule has 2 nitrogen and oxygen atoms in total. The Morgan fingerprint density at radius 1 is 1.00 bits per heavy atom. The van der Waals surface area contributed by atoms with Gasteiger partial charge in [-0.15, -0.1) is 0 Å². The zero-order chi connectivity index (χ0) is 12.5. The number of nitrogens with zero attached hydrogens (tertiary/aromatic N) is 2. The van der Waals surface area contributed by atoms with E-state index in [2.05, 4.69) is 49.3 Å². The highest BCUT2D eigenvalue weighted by Crippen LogP contribution is 2.14. The zero-order valence-corrected chi connectivity index (χ0v) is 10.9. The maximum atomic E-state index is 8.42. The van der Waals surface area contributed by atoms with Crippen molar-refractivity contribution in [3.8, 4) is 6.07 Å². The second-order valence-corrected chi connectivity index (χ2v) is 4.63. The fraction of sp³-hybridized carbons (Fsp3) is 0.533. The molecule has 0 heterocycles. The molecule has 0 aliphatic heterocycles. The fourth-order valence-electron chi connectivity index (χ4n) is 1.85. The molecular formula is C15H22N2. The molecule has 0 atom stereocenters. The molecule has 0 N–H and O–H groups in total. The van der Waals surface area contributed by atoms with E-state index in [0.29, 0.717) is 6.42 Å². The van der Waals surface area contributed by atoms with Crippen LogP contribution in [-0.2, 0) is 6.42 Å². The Bertz CT molecular complexity index is 346. The van der Waals surface area contributed by atoms with Crippen molar-refractivity contribution >= 4 is 5.69 Å². The first-order chi connectivity index (χ1) is 8.24. The average molecular weight is 230 g/mol. The summed E-state index contributed by atoms with van der Waals surface area (Å²) in [6.07, 6.45) is 6.56. The van der Waals surface area contributed by atoms with Crippen LogP contribution in [0.3, 0.4) is 0 Å². The third-order valence-corrected chi connectivity index (χ3v) is 2.96. The van der Waals surface area contributed by atoms with Gasteiger partial charge in [-0.1, -0.05) is 25.0 Å². The summed E-state index contributed by atoms with van der Waals surface area (Å²) in [6, 6.07) is 11.0. The van der Waals surface area contributed by atoms with Gasteiger partial charge in [0.25, 0.3) is 0 Å². The normalized spacial score (nSPS) is 9.94. The van der Waals surface area contributed by atoms with Crippen LogP contribution in [0.2, 0.25) is 0 Å². The van der Waals surface area contributed by atoms with Crippen LogP contribution in [-0.4, -0.2) is 14.1 Å². The van der Waals surface area contributed by atoms with Gasteiger partial charge < -0.3 is 4.90 Å². The number of nitriles is 1. The summed E-state index contributed by atoms with van der Waals surface area (Å²) in [5.41, 5.74) is 2.67. The average Bonchev–Trinajstić information content (AvgIpc) is 2.34. The van der Waals surface area contributed by atoms with Crippen LogP contribution in [0.5, 0.6) is 0 Å². The van der Waals surface area contributed by atoms with Crippen molar-refractivity contribution in [3.63, 3.8) is 0 Å². The Balaban J connectivity index is 2.21. The maximum Gasteiger partial charge on any atom is 0.0621 e. The molecule has 0 aliphatic carbocycles. The molecule has 0 fully saturated rings. The highest BCUT2D eigenvalue weighted by Gasteiger charge is 1.96. The number of unbranched alkanes of at least 4 members (excludes halogenated alkanes) is 4. The largest absolute Gasteiger partial charge is 0.378 e. The summed E-state index contributed by atoms with van der Waals surface area (Å²) in [6.45, 7) is 0. The third kappa shape index (κ3) is 5.40. The number of hydrogen-bond donors (Lipinski definition) is 0. The Hall–Kier alpha value is -1.49. The van der Waals surface area contributed by atoms with Gasteiger partial charge in [0.15, 0.2) is 0 Å². The summed E-state index contributed by atoms with van der Waals surface area (Å²) in [4.78, 5) is 2.12. The molecule has 2 heteroatoms. The van der Waals surface area contributed by atoms with Gasteiger partial charge in [0.2, 0.25) is 0 Å². The van der Waals surface area contributed by atoms with E-state index in [4.69, 9.17) is 5.26 Å². The van der Waals surface area contributed by atoms with E-state index in [1.807, 2.05) is 0 Å². The minimum Gasteiger partial charge on any atom is -0.378 e. The van der Waals surface area contributed by atoms with Gasteiger partial charge in [-0.2, -0.15) is 5.26 Å². The van der Waals surface area contributed by atoms with Gasteiger partial charge >= 0.3 is 0 Å². The van der Waals surface area contributed by atoms with E-state index in [0.717, 1.165) is 12.8 Å². The van der Waals surface area contributed by atoms with Gasteiger partial charge in [0.05, 0.1) is 6.07 Å². The second kappa shape index (κ2) is 7.73. The number of hydrogen-bond acceptors (Lipinski definition) is 2. The van der Waals surface area contributed by atoms with E-state index in [1.54, 1.807) is 0 Å². The first-order valence-corrected chi connectivity index (χ1v) is 6.37. The first kappa shape index (κ1) is 13.6. The lowest BCUT2D eigenvalue weighted by molar-refractivity contribution is 0.648. The minimum absolute atomic E-state index is 0.706. The Morgan fingerprint density at radius 2 is 1.65 bits per heavy atom. The van der Waals surface area contributed by atoms with Crippen LogP contribution in [0, 0.1) is 11.3 Å². The number of aryl methyl sites for hydroxylation is 1. The van der Waals surface area contributed by atoms with Crippen molar-refractivity contribution < 1.29 is 0 Å². The van der Waals surface area contributed by atoms with E-state index < -0.39 is 0 Å². The molecule has 0 amide bonds. The van der Waals surface area contributed by atoms with Crippen molar-refractivity contribution in [1.82, 2.24) is 0 Å². The molecule has 1 aromatic rings. The second-order valence-electron chi connectivity index (χ2n) is 4.63. The standard InChI is InChI=1S/C15H22N2/c1-17(2)15-11-9-14(10-12-15)8-6-4-3-5-7-13-16/h9-12H,3-8H2,1-2H3. The predicted octanol–water partition coefficient (Wildman–Crippen LogP) is 3.77. The Kier molecular flexibility index (Phi) is 6.17. The molecular weight excluding hydrogens is 208 g/mol. The Morgan fingerprint density at radius 3 is 2.24 bits per heavy atom. The lowest BCUT2D eigenvalue weighted by Crippen LogP contribution is -2.08. The monoisotopic (exact) mass is 230 g/mol. The maximum absolute atomic E-state index is 8.42. The summed E-state index contributed by atoms with van der Waals surface area (Å²) >= 11 is 0. The molecule has 1 aromatic carbocycles. The van der Waals surface area contributed by atoms with Crippen molar-refractivity contribution in [2.75, 3.05) is 19.0 Å². The highest BCUT2D eigenvalue weighted by atomic mass is 15.1. The van der Waals surface area contributed by atoms with E-state index in [1.165, 1.54) is 30.5 Å². The summed E-state index contributed by atoms with van der Waals surface area (Å²) < 4.78 is 0. The summed E-state index contributed by atoms with van der Waals surface area (Å²) in [5.74, 6) is 0. The van der Waals surface area contributed by atoms with Crippen molar-refractivity contribution in [2.24, 2.45) is 0 Å². The van der Waals surface area contributed by atoms with Crippen molar-refractivity contribution in [2.45, 2.75) is 38.5 Å². The van der Waals surface area contributed by atoms with E-state index >= 15 is 0 Å². The Labute approximate surface area is 105 Å². The van der Waals surface area contributed by atoms with Crippen molar-refractivity contribution in [1.29, 1.82) is 5.26 Å².